The van der Waals surface area contributed by atoms with Crippen LogP contribution in [0.25, 0.3) is 10.9 Å². The van der Waals surface area contributed by atoms with Crippen LogP contribution >= 0.6 is 0 Å². The summed E-state index contributed by atoms with van der Waals surface area (Å²) >= 11 is 0. The van der Waals surface area contributed by atoms with Gasteiger partial charge in [-0.15, -0.1) is 0 Å². The maximum Gasteiger partial charge on any atom is 0.258 e. The normalized spacial score (nSPS) is 17.6. The molecule has 1 heterocycles. The van der Waals surface area contributed by atoms with E-state index in [1.807, 2.05) is 0 Å². The van der Waals surface area contributed by atoms with Crippen molar-refractivity contribution < 1.29 is 4.39 Å². The molecule has 0 saturated heterocycles. The number of benzene rings is 1. The lowest BCUT2D eigenvalue weighted by Gasteiger charge is -2.08. The first-order valence-electron chi connectivity index (χ1n) is 5.07. The van der Waals surface area contributed by atoms with Crippen LogP contribution in [0.2, 0.25) is 0 Å². The minimum atomic E-state index is -0.484. The third-order valence-corrected chi connectivity index (χ3v) is 2.93. The second kappa shape index (κ2) is 2.89. The minimum Gasteiger partial charge on any atom is -0.319 e. The third kappa shape index (κ3) is 1.32. The number of nitrogens with zero attached hydrogens (tertiary/aromatic N) is 1. The van der Waals surface area contributed by atoms with Gasteiger partial charge in [0.2, 0.25) is 0 Å². The molecule has 0 amide bonds. The third-order valence-electron chi connectivity index (χ3n) is 2.93. The number of fused-ring (bicyclic) bond motifs is 1. The Balaban J connectivity index is 2.31. The van der Waals surface area contributed by atoms with Gasteiger partial charge in [0.25, 0.3) is 5.56 Å². The summed E-state index contributed by atoms with van der Waals surface area (Å²) in [5, 5.41) is 0.257. The van der Waals surface area contributed by atoms with Gasteiger partial charge in [-0.2, -0.15) is 0 Å². The van der Waals surface area contributed by atoms with Gasteiger partial charge in [0.05, 0.1) is 16.4 Å². The van der Waals surface area contributed by atoms with E-state index in [2.05, 4.69) is 9.97 Å². The lowest BCUT2D eigenvalue weighted by atomic mass is 10.2. The van der Waals surface area contributed by atoms with Crippen molar-refractivity contribution in [2.75, 3.05) is 0 Å². The van der Waals surface area contributed by atoms with Gasteiger partial charge >= 0.3 is 0 Å². The highest BCUT2D eigenvalue weighted by Gasteiger charge is 2.42. The van der Waals surface area contributed by atoms with Crippen molar-refractivity contribution in [2.24, 2.45) is 5.73 Å². The second-order valence-electron chi connectivity index (χ2n) is 4.23. The zero-order valence-corrected chi connectivity index (χ0v) is 8.46. The molecule has 1 aromatic heterocycles. The minimum absolute atomic E-state index is 0.257. The van der Waals surface area contributed by atoms with Gasteiger partial charge in [-0.3, -0.25) is 4.79 Å². The number of rotatable bonds is 1. The Kier molecular flexibility index (Phi) is 1.71. The quantitative estimate of drug-likeness (QED) is 0.751. The second-order valence-corrected chi connectivity index (χ2v) is 4.23. The van der Waals surface area contributed by atoms with E-state index >= 15 is 0 Å². The van der Waals surface area contributed by atoms with E-state index in [0.29, 0.717) is 11.3 Å². The Hall–Kier alpha value is -1.75. The summed E-state index contributed by atoms with van der Waals surface area (Å²) in [4.78, 5) is 18.6. The van der Waals surface area contributed by atoms with E-state index < -0.39 is 11.4 Å². The van der Waals surface area contributed by atoms with Crippen LogP contribution in [0.3, 0.4) is 0 Å². The molecule has 82 valence electrons. The monoisotopic (exact) mass is 219 g/mol. The number of halogens is 1. The van der Waals surface area contributed by atoms with Gasteiger partial charge in [-0.1, -0.05) is 0 Å². The maximum absolute atomic E-state index is 13.0. The first-order valence-corrected chi connectivity index (χ1v) is 5.07. The van der Waals surface area contributed by atoms with Gasteiger partial charge in [0, 0.05) is 0 Å². The molecule has 0 aliphatic heterocycles. The molecule has 1 saturated carbocycles. The highest BCUT2D eigenvalue weighted by atomic mass is 19.1. The number of nitrogens with one attached hydrogen (secondary N) is 1. The summed E-state index contributed by atoms with van der Waals surface area (Å²) in [6.07, 6.45) is 1.64. The molecule has 0 atom stereocenters. The van der Waals surface area contributed by atoms with Crippen molar-refractivity contribution in [3.05, 3.63) is 40.2 Å². The molecule has 5 heteroatoms. The van der Waals surface area contributed by atoms with E-state index in [1.54, 1.807) is 0 Å². The van der Waals surface area contributed by atoms with Crippen molar-refractivity contribution in [3.8, 4) is 0 Å². The molecule has 4 nitrogen and oxygen atoms in total. The average Bonchev–Trinajstić information content (AvgIpc) is 2.99. The molecule has 1 fully saturated rings. The predicted molar refractivity (Wildman–Crippen MR) is 57.4 cm³/mol. The topological polar surface area (TPSA) is 71.8 Å². The van der Waals surface area contributed by atoms with E-state index in [-0.39, 0.29) is 10.9 Å². The number of hydrogen-bond donors (Lipinski definition) is 2. The van der Waals surface area contributed by atoms with Crippen LogP contribution < -0.4 is 11.3 Å². The fraction of sp³-hybridized carbons (Fsp3) is 0.273. The molecule has 0 unspecified atom stereocenters. The van der Waals surface area contributed by atoms with Crippen molar-refractivity contribution in [2.45, 2.75) is 18.4 Å². The zero-order chi connectivity index (χ0) is 11.3. The van der Waals surface area contributed by atoms with Crippen LogP contribution in [0, 0.1) is 5.82 Å². The van der Waals surface area contributed by atoms with Crippen LogP contribution in [0.4, 0.5) is 4.39 Å². The van der Waals surface area contributed by atoms with Crippen LogP contribution in [0.1, 0.15) is 18.7 Å². The largest absolute Gasteiger partial charge is 0.319 e. The Morgan fingerprint density at radius 1 is 1.44 bits per heavy atom. The summed E-state index contributed by atoms with van der Waals surface area (Å²) in [6.45, 7) is 0. The molecule has 0 spiro atoms. The molecule has 1 aliphatic carbocycles. The van der Waals surface area contributed by atoms with E-state index in [4.69, 9.17) is 5.73 Å². The highest BCUT2D eigenvalue weighted by Crippen LogP contribution is 2.40. The highest BCUT2D eigenvalue weighted by molar-refractivity contribution is 5.77. The number of aromatic amines is 1. The summed E-state index contributed by atoms with van der Waals surface area (Å²) < 4.78 is 13.0. The molecule has 1 aliphatic rings. The average molecular weight is 219 g/mol. The summed E-state index contributed by atoms with van der Waals surface area (Å²) in [6, 6.07) is 3.96. The van der Waals surface area contributed by atoms with E-state index in [0.717, 1.165) is 12.8 Å². The van der Waals surface area contributed by atoms with Crippen molar-refractivity contribution >= 4 is 10.9 Å². The molecular weight excluding hydrogens is 209 g/mol. The van der Waals surface area contributed by atoms with Crippen LogP contribution in [-0.4, -0.2) is 9.97 Å². The van der Waals surface area contributed by atoms with Gasteiger partial charge in [0.1, 0.15) is 11.6 Å². The van der Waals surface area contributed by atoms with Gasteiger partial charge in [-0.25, -0.2) is 9.37 Å². The fourth-order valence-corrected chi connectivity index (χ4v) is 1.72. The zero-order valence-electron chi connectivity index (χ0n) is 8.46. The standard InChI is InChI=1S/C11H10FN3O/c12-6-1-2-8-7(5-6)9(16)15-10(14-8)11(13)3-4-11/h1-2,5H,3-4,13H2,(H,14,15,16). The molecule has 0 radical (unpaired) electrons. The molecule has 2 aromatic rings. The fourth-order valence-electron chi connectivity index (χ4n) is 1.72. The molecule has 1 aromatic carbocycles. The van der Waals surface area contributed by atoms with Gasteiger partial charge in [0.15, 0.2) is 0 Å². The number of nitrogens with two attached hydrogens (primary N) is 1. The summed E-state index contributed by atoms with van der Waals surface area (Å²) in [5.74, 6) is 0.0537. The number of H-pyrrole nitrogens is 1. The molecule has 3 N–H and O–H groups in total. The lowest BCUT2D eigenvalue weighted by Crippen LogP contribution is -2.26. The Morgan fingerprint density at radius 3 is 2.88 bits per heavy atom. The van der Waals surface area contributed by atoms with E-state index in [1.165, 1.54) is 18.2 Å². The van der Waals surface area contributed by atoms with Crippen LogP contribution in [0.5, 0.6) is 0 Å². The number of hydrogen-bond acceptors (Lipinski definition) is 3. The number of aromatic nitrogens is 2. The molecule has 3 rings (SSSR count). The first kappa shape index (κ1) is 9.47. The van der Waals surface area contributed by atoms with E-state index in [9.17, 15) is 9.18 Å². The SMILES string of the molecule is NC1(c2nc3ccc(F)cc3c(=O)[nH]2)CC1. The molecule has 0 bridgehead atoms. The molecule has 16 heavy (non-hydrogen) atoms. The van der Waals surface area contributed by atoms with Gasteiger partial charge < -0.3 is 10.7 Å². The van der Waals surface area contributed by atoms with Crippen molar-refractivity contribution in [1.29, 1.82) is 0 Å². The van der Waals surface area contributed by atoms with Crippen LogP contribution in [0.15, 0.2) is 23.0 Å². The Bertz CT molecular complexity index is 631. The molecular formula is C11H10FN3O. The van der Waals surface area contributed by atoms with Gasteiger partial charge in [-0.05, 0) is 31.0 Å². The summed E-state index contributed by atoms with van der Waals surface area (Å²) in [5.41, 5.74) is 5.61. The first-order chi connectivity index (χ1) is 7.58. The predicted octanol–water partition coefficient (Wildman–Crippen LogP) is 1.01. The van der Waals surface area contributed by atoms with Crippen LogP contribution in [-0.2, 0) is 5.54 Å². The Morgan fingerprint density at radius 2 is 2.19 bits per heavy atom. The van der Waals surface area contributed by atoms with Crippen molar-refractivity contribution in [1.82, 2.24) is 9.97 Å². The smallest absolute Gasteiger partial charge is 0.258 e. The summed E-state index contributed by atoms with van der Waals surface area (Å²) in [7, 11) is 0. The Labute approximate surface area is 90.3 Å². The van der Waals surface area contributed by atoms with Crippen molar-refractivity contribution in [3.63, 3.8) is 0 Å². The lowest BCUT2D eigenvalue weighted by molar-refractivity contribution is 0.628. The maximum atomic E-state index is 13.0.